The van der Waals surface area contributed by atoms with Crippen LogP contribution in [0.25, 0.3) is 0 Å². The highest BCUT2D eigenvalue weighted by molar-refractivity contribution is 5.66. The summed E-state index contributed by atoms with van der Waals surface area (Å²) >= 11 is 0. The maximum atomic E-state index is 10.6. The average molecular weight is 213 g/mol. The summed E-state index contributed by atoms with van der Waals surface area (Å²) in [5.41, 5.74) is 0.170. The molecule has 1 atom stereocenters. The van der Waals surface area contributed by atoms with Gasteiger partial charge in [0.1, 0.15) is 0 Å². The minimum Gasteiger partial charge on any atom is -0.481 e. The number of carboxylic acid groups (broad SMARTS) is 1. The second kappa shape index (κ2) is 4.10. The van der Waals surface area contributed by atoms with E-state index in [4.69, 9.17) is 9.84 Å². The van der Waals surface area contributed by atoms with Crippen molar-refractivity contribution < 1.29 is 14.6 Å². The van der Waals surface area contributed by atoms with Crippen molar-refractivity contribution in [1.29, 1.82) is 0 Å². The Morgan fingerprint density at radius 2 is 2.33 bits per heavy atom. The zero-order valence-electron chi connectivity index (χ0n) is 9.24. The molecule has 2 fully saturated rings. The molecule has 0 amide bonds. The Morgan fingerprint density at radius 3 is 2.73 bits per heavy atom. The predicted molar refractivity (Wildman–Crippen MR) is 55.7 cm³/mol. The van der Waals surface area contributed by atoms with Crippen molar-refractivity contribution in [3.05, 3.63) is 0 Å². The number of carboxylic acids is 1. The Labute approximate surface area is 90.2 Å². The van der Waals surface area contributed by atoms with Crippen molar-refractivity contribution in [2.24, 2.45) is 11.3 Å². The van der Waals surface area contributed by atoms with E-state index in [1.54, 1.807) is 0 Å². The number of hydrogen-bond acceptors (Lipinski definition) is 3. The average Bonchev–Trinajstić information content (AvgIpc) is 2.50. The van der Waals surface area contributed by atoms with Crippen LogP contribution in [0.1, 0.15) is 19.3 Å². The molecule has 0 aromatic rings. The molecule has 0 saturated carbocycles. The molecule has 2 saturated heterocycles. The minimum atomic E-state index is -0.687. The SMILES string of the molecule is CN1CCC(C2(CCC(=O)O)COC2)C1. The van der Waals surface area contributed by atoms with Crippen LogP contribution < -0.4 is 0 Å². The molecule has 0 spiro atoms. The van der Waals surface area contributed by atoms with Crippen molar-refractivity contribution in [2.75, 3.05) is 33.4 Å². The van der Waals surface area contributed by atoms with Gasteiger partial charge in [-0.3, -0.25) is 4.79 Å². The number of aliphatic carboxylic acids is 1. The normalized spacial score (nSPS) is 30.1. The number of likely N-dealkylation sites (tertiary alicyclic amines) is 1. The molecule has 2 aliphatic rings. The quantitative estimate of drug-likeness (QED) is 0.751. The molecule has 1 N–H and O–H groups in total. The molecule has 4 heteroatoms. The molecule has 1 unspecified atom stereocenters. The van der Waals surface area contributed by atoms with Crippen molar-refractivity contribution >= 4 is 5.97 Å². The van der Waals surface area contributed by atoms with E-state index >= 15 is 0 Å². The molecule has 0 radical (unpaired) electrons. The lowest BCUT2D eigenvalue weighted by molar-refractivity contribution is -0.156. The van der Waals surface area contributed by atoms with Gasteiger partial charge in [-0.1, -0.05) is 0 Å². The summed E-state index contributed by atoms with van der Waals surface area (Å²) in [6.07, 6.45) is 2.25. The van der Waals surface area contributed by atoms with Crippen LogP contribution in [0.5, 0.6) is 0 Å². The van der Waals surface area contributed by atoms with Crippen LogP contribution in [-0.4, -0.2) is 49.3 Å². The highest BCUT2D eigenvalue weighted by atomic mass is 16.5. The summed E-state index contributed by atoms with van der Waals surface area (Å²) in [5.74, 6) is -0.0526. The first-order valence-corrected chi connectivity index (χ1v) is 5.60. The Hall–Kier alpha value is -0.610. The molecule has 2 aliphatic heterocycles. The Morgan fingerprint density at radius 1 is 1.60 bits per heavy atom. The summed E-state index contributed by atoms with van der Waals surface area (Å²) in [6, 6.07) is 0. The first-order valence-electron chi connectivity index (χ1n) is 5.60. The minimum absolute atomic E-state index is 0.170. The lowest BCUT2D eigenvalue weighted by Gasteiger charge is -2.46. The van der Waals surface area contributed by atoms with Crippen molar-refractivity contribution in [3.8, 4) is 0 Å². The van der Waals surface area contributed by atoms with Gasteiger partial charge in [0, 0.05) is 18.4 Å². The summed E-state index contributed by atoms with van der Waals surface area (Å²) in [5, 5.41) is 8.74. The first-order chi connectivity index (χ1) is 7.12. The zero-order chi connectivity index (χ0) is 10.9. The third kappa shape index (κ3) is 2.16. The van der Waals surface area contributed by atoms with Gasteiger partial charge >= 0.3 is 5.97 Å². The molecule has 4 nitrogen and oxygen atoms in total. The highest BCUT2D eigenvalue weighted by Gasteiger charge is 2.47. The molecule has 0 aromatic heterocycles. The van der Waals surface area contributed by atoms with Crippen LogP contribution in [0.3, 0.4) is 0 Å². The van der Waals surface area contributed by atoms with E-state index in [9.17, 15) is 4.79 Å². The molecule has 0 aromatic carbocycles. The van der Waals surface area contributed by atoms with Gasteiger partial charge in [0.2, 0.25) is 0 Å². The van der Waals surface area contributed by atoms with Gasteiger partial charge in [0.15, 0.2) is 0 Å². The van der Waals surface area contributed by atoms with Gasteiger partial charge in [-0.05, 0) is 32.4 Å². The highest BCUT2D eigenvalue weighted by Crippen LogP contribution is 2.44. The lowest BCUT2D eigenvalue weighted by Crippen LogP contribution is -2.49. The monoisotopic (exact) mass is 213 g/mol. The second-order valence-electron chi connectivity index (χ2n) is 5.00. The summed E-state index contributed by atoms with van der Waals surface area (Å²) in [6.45, 7) is 3.76. The molecular weight excluding hydrogens is 194 g/mol. The van der Waals surface area contributed by atoms with E-state index < -0.39 is 5.97 Å². The van der Waals surface area contributed by atoms with Crippen molar-refractivity contribution in [1.82, 2.24) is 4.90 Å². The van der Waals surface area contributed by atoms with Gasteiger partial charge in [0.05, 0.1) is 13.2 Å². The van der Waals surface area contributed by atoms with Crippen LogP contribution in [0.2, 0.25) is 0 Å². The standard InChI is InChI=1S/C11H19NO3/c1-12-5-3-9(6-12)11(7-15-8-11)4-2-10(13)14/h9H,2-8H2,1H3,(H,13,14). The maximum absolute atomic E-state index is 10.6. The van der Waals surface area contributed by atoms with Gasteiger partial charge < -0.3 is 14.7 Å². The van der Waals surface area contributed by atoms with Crippen molar-refractivity contribution in [2.45, 2.75) is 19.3 Å². The Bertz CT molecular complexity index is 250. The lowest BCUT2D eigenvalue weighted by atomic mass is 9.70. The number of rotatable bonds is 4. The number of carbonyl (C=O) groups is 1. The largest absolute Gasteiger partial charge is 0.481 e. The number of hydrogen-bond donors (Lipinski definition) is 1. The second-order valence-corrected chi connectivity index (χ2v) is 5.00. The van der Waals surface area contributed by atoms with Crippen molar-refractivity contribution in [3.63, 3.8) is 0 Å². The maximum Gasteiger partial charge on any atom is 0.303 e. The molecule has 2 heterocycles. The Kier molecular flexibility index (Phi) is 2.98. The molecule has 0 bridgehead atoms. The predicted octanol–water partition coefficient (Wildman–Crippen LogP) is 0.820. The van der Waals surface area contributed by atoms with E-state index in [2.05, 4.69) is 11.9 Å². The van der Waals surface area contributed by atoms with Crippen LogP contribution in [0.4, 0.5) is 0 Å². The molecular formula is C11H19NO3. The van der Waals surface area contributed by atoms with Gasteiger partial charge in [-0.25, -0.2) is 0 Å². The zero-order valence-corrected chi connectivity index (χ0v) is 9.24. The van der Waals surface area contributed by atoms with E-state index in [1.807, 2.05) is 0 Å². The summed E-state index contributed by atoms with van der Waals surface area (Å²) < 4.78 is 5.31. The van der Waals surface area contributed by atoms with Gasteiger partial charge in [0.25, 0.3) is 0 Å². The van der Waals surface area contributed by atoms with Gasteiger partial charge in [-0.2, -0.15) is 0 Å². The number of ether oxygens (including phenoxy) is 1. The van der Waals surface area contributed by atoms with Gasteiger partial charge in [-0.15, -0.1) is 0 Å². The molecule has 0 aliphatic carbocycles. The van der Waals surface area contributed by atoms with Crippen LogP contribution >= 0.6 is 0 Å². The fourth-order valence-corrected chi connectivity index (χ4v) is 2.74. The van der Waals surface area contributed by atoms with E-state index in [-0.39, 0.29) is 11.8 Å². The molecule has 2 rings (SSSR count). The van der Waals surface area contributed by atoms with E-state index in [0.29, 0.717) is 5.92 Å². The summed E-state index contributed by atoms with van der Waals surface area (Å²) in [7, 11) is 2.13. The van der Waals surface area contributed by atoms with Crippen LogP contribution in [-0.2, 0) is 9.53 Å². The summed E-state index contributed by atoms with van der Waals surface area (Å²) in [4.78, 5) is 12.9. The fourth-order valence-electron chi connectivity index (χ4n) is 2.74. The smallest absolute Gasteiger partial charge is 0.303 e. The first kappa shape index (κ1) is 10.9. The topological polar surface area (TPSA) is 49.8 Å². The fraction of sp³-hybridized carbons (Fsp3) is 0.909. The third-order valence-corrected chi connectivity index (χ3v) is 3.87. The van der Waals surface area contributed by atoms with E-state index in [1.165, 1.54) is 6.42 Å². The van der Waals surface area contributed by atoms with E-state index in [0.717, 1.165) is 32.7 Å². The molecule has 86 valence electrons. The number of nitrogens with zero attached hydrogens (tertiary/aromatic N) is 1. The third-order valence-electron chi connectivity index (χ3n) is 3.87. The molecule has 15 heavy (non-hydrogen) atoms. The van der Waals surface area contributed by atoms with Crippen LogP contribution in [0, 0.1) is 11.3 Å². The Balaban J connectivity index is 1.92. The van der Waals surface area contributed by atoms with Crippen LogP contribution in [0.15, 0.2) is 0 Å².